The number of likely N-dealkylation sites (N-methyl/N-ethyl adjacent to an activating group) is 1. The number of rotatable bonds is 6. The Morgan fingerprint density at radius 1 is 1.14 bits per heavy atom. The smallest absolute Gasteiger partial charge is 0.317 e. The van der Waals surface area contributed by atoms with Gasteiger partial charge in [0, 0.05) is 32.7 Å². The monoisotopic (exact) mass is 422 g/mol. The zero-order valence-electron chi connectivity index (χ0n) is 16.1. The van der Waals surface area contributed by atoms with E-state index < -0.39 is 10.0 Å². The molecule has 0 aliphatic carbocycles. The summed E-state index contributed by atoms with van der Waals surface area (Å²) in [6, 6.07) is 10.4. The Hall–Kier alpha value is -1.94. The van der Waals surface area contributed by atoms with Crippen molar-refractivity contribution in [2.45, 2.75) is 10.9 Å². The summed E-state index contributed by atoms with van der Waals surface area (Å²) in [5, 5.41) is 7.10. The van der Waals surface area contributed by atoms with Crippen LogP contribution in [0.4, 0.5) is 4.79 Å². The van der Waals surface area contributed by atoms with Gasteiger partial charge in [-0.15, -0.1) is 0 Å². The first-order chi connectivity index (χ1) is 13.4. The second kappa shape index (κ2) is 9.04. The highest BCUT2D eigenvalue weighted by Gasteiger charge is 2.30. The summed E-state index contributed by atoms with van der Waals surface area (Å²) < 4.78 is 26.8. The Morgan fingerprint density at radius 2 is 1.82 bits per heavy atom. The van der Waals surface area contributed by atoms with Crippen LogP contribution in [0.15, 0.2) is 52.1 Å². The lowest BCUT2D eigenvalue weighted by atomic mass is 10.1. The van der Waals surface area contributed by atoms with Crippen molar-refractivity contribution in [2.75, 3.05) is 46.8 Å². The molecule has 2 amide bonds. The standard InChI is InChI=1S/C19H26N4O3S2/c1-21(2)18(16-8-13-27-15-16)14-20-19(24)22-9-11-23(12-10-22)28(25,26)17-6-4-3-5-7-17/h3-8,13,15,18H,9-12,14H2,1-2H3,(H,20,24)/t18-/m0/s1. The fraction of sp³-hybridized carbons (Fsp3) is 0.421. The lowest BCUT2D eigenvalue weighted by Gasteiger charge is -2.34. The number of carbonyl (C=O) groups excluding carboxylic acids is 1. The molecular weight excluding hydrogens is 396 g/mol. The van der Waals surface area contributed by atoms with Crippen LogP contribution in [-0.4, -0.2) is 75.4 Å². The van der Waals surface area contributed by atoms with Crippen LogP contribution in [0.5, 0.6) is 0 Å². The first-order valence-electron chi connectivity index (χ1n) is 9.16. The molecule has 0 saturated carbocycles. The van der Waals surface area contributed by atoms with E-state index in [-0.39, 0.29) is 17.0 Å². The van der Waals surface area contributed by atoms with Gasteiger partial charge in [-0.05, 0) is 48.6 Å². The summed E-state index contributed by atoms with van der Waals surface area (Å²) in [4.78, 5) is 16.6. The molecule has 1 aliphatic heterocycles. The summed E-state index contributed by atoms with van der Waals surface area (Å²) in [5.74, 6) is 0. The van der Waals surface area contributed by atoms with E-state index in [0.717, 1.165) is 0 Å². The third-order valence-electron chi connectivity index (χ3n) is 4.90. The molecule has 152 valence electrons. The number of benzene rings is 1. The number of amides is 2. The molecule has 1 fully saturated rings. The predicted octanol–water partition coefficient (Wildman–Crippen LogP) is 2.07. The predicted molar refractivity (Wildman–Crippen MR) is 111 cm³/mol. The maximum atomic E-state index is 12.7. The normalized spacial score (nSPS) is 16.9. The molecule has 1 aromatic carbocycles. The number of urea groups is 1. The van der Waals surface area contributed by atoms with Crippen LogP contribution in [0.2, 0.25) is 0 Å². The molecule has 1 aromatic heterocycles. The van der Waals surface area contributed by atoms with E-state index in [0.29, 0.717) is 32.7 Å². The summed E-state index contributed by atoms with van der Waals surface area (Å²) in [6.45, 7) is 1.86. The quantitative estimate of drug-likeness (QED) is 0.774. The van der Waals surface area contributed by atoms with Gasteiger partial charge in [-0.2, -0.15) is 15.6 Å². The molecule has 0 unspecified atom stereocenters. The molecule has 28 heavy (non-hydrogen) atoms. The first kappa shape index (κ1) is 20.8. The fourth-order valence-electron chi connectivity index (χ4n) is 3.23. The van der Waals surface area contributed by atoms with Gasteiger partial charge < -0.3 is 15.1 Å². The third kappa shape index (κ3) is 4.72. The van der Waals surface area contributed by atoms with E-state index in [9.17, 15) is 13.2 Å². The van der Waals surface area contributed by atoms with Gasteiger partial charge in [-0.1, -0.05) is 18.2 Å². The van der Waals surface area contributed by atoms with Crippen LogP contribution in [0.3, 0.4) is 0 Å². The molecule has 0 spiro atoms. The molecule has 1 atom stereocenters. The molecule has 3 rings (SSSR count). The van der Waals surface area contributed by atoms with Crippen LogP contribution in [-0.2, 0) is 10.0 Å². The molecule has 1 saturated heterocycles. The largest absolute Gasteiger partial charge is 0.336 e. The number of thiophene rings is 1. The van der Waals surface area contributed by atoms with Crippen molar-refractivity contribution in [3.63, 3.8) is 0 Å². The highest BCUT2D eigenvalue weighted by atomic mass is 32.2. The summed E-state index contributed by atoms with van der Waals surface area (Å²) in [6.07, 6.45) is 0. The number of nitrogens with zero attached hydrogens (tertiary/aromatic N) is 3. The number of carbonyl (C=O) groups is 1. The van der Waals surface area contributed by atoms with E-state index in [4.69, 9.17) is 0 Å². The van der Waals surface area contributed by atoms with Gasteiger partial charge in [0.15, 0.2) is 0 Å². The molecule has 9 heteroatoms. The van der Waals surface area contributed by atoms with Crippen molar-refractivity contribution in [1.82, 2.24) is 19.4 Å². The van der Waals surface area contributed by atoms with E-state index in [1.54, 1.807) is 46.6 Å². The average molecular weight is 423 g/mol. The average Bonchev–Trinajstić information content (AvgIpc) is 3.23. The van der Waals surface area contributed by atoms with E-state index in [1.807, 2.05) is 19.5 Å². The second-order valence-corrected chi connectivity index (χ2v) is 9.64. The molecule has 0 radical (unpaired) electrons. The van der Waals surface area contributed by atoms with Crippen molar-refractivity contribution in [1.29, 1.82) is 0 Å². The van der Waals surface area contributed by atoms with Crippen molar-refractivity contribution in [3.05, 3.63) is 52.7 Å². The maximum Gasteiger partial charge on any atom is 0.317 e. The van der Waals surface area contributed by atoms with Gasteiger partial charge in [0.05, 0.1) is 10.9 Å². The van der Waals surface area contributed by atoms with Gasteiger partial charge in [0.1, 0.15) is 0 Å². The Bertz CT molecular complexity index is 862. The van der Waals surface area contributed by atoms with E-state index in [1.165, 1.54) is 9.87 Å². The van der Waals surface area contributed by atoms with Crippen LogP contribution in [0.1, 0.15) is 11.6 Å². The zero-order valence-corrected chi connectivity index (χ0v) is 17.7. The zero-order chi connectivity index (χ0) is 20.1. The molecule has 2 aromatic rings. The third-order valence-corrected chi connectivity index (χ3v) is 7.52. The van der Waals surface area contributed by atoms with Gasteiger partial charge in [-0.3, -0.25) is 0 Å². The van der Waals surface area contributed by atoms with Crippen molar-refractivity contribution < 1.29 is 13.2 Å². The molecular formula is C19H26N4O3S2. The van der Waals surface area contributed by atoms with Gasteiger partial charge in [0.2, 0.25) is 10.0 Å². The summed E-state index contributed by atoms with van der Waals surface area (Å²) in [7, 11) is 0.467. The van der Waals surface area contributed by atoms with Crippen LogP contribution >= 0.6 is 11.3 Å². The van der Waals surface area contributed by atoms with Crippen LogP contribution in [0.25, 0.3) is 0 Å². The maximum absolute atomic E-state index is 12.7. The van der Waals surface area contributed by atoms with Crippen LogP contribution < -0.4 is 5.32 Å². The molecule has 0 bridgehead atoms. The Labute approximate surface area is 170 Å². The first-order valence-corrected chi connectivity index (χ1v) is 11.5. The van der Waals surface area contributed by atoms with Crippen molar-refractivity contribution in [3.8, 4) is 0 Å². The minimum atomic E-state index is -3.51. The minimum absolute atomic E-state index is 0.106. The Morgan fingerprint density at radius 3 is 2.39 bits per heavy atom. The second-order valence-electron chi connectivity index (χ2n) is 6.93. The SMILES string of the molecule is CN(C)[C@@H](CNC(=O)N1CCN(S(=O)(=O)c2ccccc2)CC1)c1ccsc1. The van der Waals surface area contributed by atoms with Crippen molar-refractivity contribution >= 4 is 27.4 Å². The lowest BCUT2D eigenvalue weighted by molar-refractivity contribution is 0.168. The number of sulfonamides is 1. The van der Waals surface area contributed by atoms with Gasteiger partial charge in [-0.25, -0.2) is 13.2 Å². The van der Waals surface area contributed by atoms with Crippen molar-refractivity contribution in [2.24, 2.45) is 0 Å². The number of hydrogen-bond acceptors (Lipinski definition) is 5. The minimum Gasteiger partial charge on any atom is -0.336 e. The number of piperazine rings is 1. The number of hydrogen-bond donors (Lipinski definition) is 1. The van der Waals surface area contributed by atoms with Gasteiger partial charge >= 0.3 is 6.03 Å². The summed E-state index contributed by atoms with van der Waals surface area (Å²) in [5.41, 5.74) is 1.18. The van der Waals surface area contributed by atoms with E-state index >= 15 is 0 Å². The van der Waals surface area contributed by atoms with Gasteiger partial charge in [0.25, 0.3) is 0 Å². The molecule has 1 aliphatic rings. The van der Waals surface area contributed by atoms with E-state index in [2.05, 4.69) is 21.7 Å². The molecule has 1 N–H and O–H groups in total. The molecule has 2 heterocycles. The Balaban J connectivity index is 1.54. The molecule has 7 nitrogen and oxygen atoms in total. The highest BCUT2D eigenvalue weighted by molar-refractivity contribution is 7.89. The van der Waals surface area contributed by atoms with Crippen LogP contribution in [0, 0.1) is 0 Å². The Kier molecular flexibility index (Phi) is 6.71. The highest BCUT2D eigenvalue weighted by Crippen LogP contribution is 2.20. The summed E-state index contributed by atoms with van der Waals surface area (Å²) >= 11 is 1.64. The topological polar surface area (TPSA) is 73.0 Å². The lowest BCUT2D eigenvalue weighted by Crippen LogP contribution is -2.53. The number of nitrogens with one attached hydrogen (secondary N) is 1. The fourth-order valence-corrected chi connectivity index (χ4v) is 5.38.